The SMILES string of the molecule is CCCC(CCC)(C(=O)O)n1nc(C)nc1C. The molecule has 17 heavy (non-hydrogen) atoms. The molecule has 0 atom stereocenters. The van der Waals surface area contributed by atoms with Gasteiger partial charge in [0.1, 0.15) is 11.6 Å². The smallest absolute Gasteiger partial charge is 0.331 e. The van der Waals surface area contributed by atoms with Gasteiger partial charge in [0.25, 0.3) is 0 Å². The molecule has 0 unspecified atom stereocenters. The van der Waals surface area contributed by atoms with Crippen LogP contribution in [0.2, 0.25) is 0 Å². The molecule has 5 heteroatoms. The van der Waals surface area contributed by atoms with Gasteiger partial charge in [0.15, 0.2) is 5.54 Å². The van der Waals surface area contributed by atoms with Crippen LogP contribution in [-0.2, 0) is 10.3 Å². The number of rotatable bonds is 6. The Bertz CT molecular complexity index is 392. The van der Waals surface area contributed by atoms with Gasteiger partial charge in [0.2, 0.25) is 0 Å². The zero-order chi connectivity index (χ0) is 13.1. The van der Waals surface area contributed by atoms with E-state index in [0.717, 1.165) is 12.8 Å². The predicted octanol–water partition coefficient (Wildman–Crippen LogP) is 2.28. The van der Waals surface area contributed by atoms with Crippen LogP contribution >= 0.6 is 0 Å². The molecule has 0 fully saturated rings. The van der Waals surface area contributed by atoms with Crippen molar-refractivity contribution in [2.75, 3.05) is 0 Å². The first-order valence-corrected chi connectivity index (χ1v) is 6.12. The molecule has 0 radical (unpaired) electrons. The largest absolute Gasteiger partial charge is 0.479 e. The lowest BCUT2D eigenvalue weighted by Crippen LogP contribution is -2.43. The highest BCUT2D eigenvalue weighted by atomic mass is 16.4. The average Bonchev–Trinajstić information content (AvgIpc) is 2.57. The normalized spacial score (nSPS) is 11.8. The van der Waals surface area contributed by atoms with E-state index in [4.69, 9.17) is 0 Å². The fraction of sp³-hybridized carbons (Fsp3) is 0.750. The number of aliphatic carboxylic acids is 1. The topological polar surface area (TPSA) is 68.0 Å². The summed E-state index contributed by atoms with van der Waals surface area (Å²) in [7, 11) is 0. The molecule has 1 aromatic heterocycles. The molecule has 1 N–H and O–H groups in total. The quantitative estimate of drug-likeness (QED) is 0.826. The molecule has 96 valence electrons. The molecule has 0 aliphatic rings. The highest BCUT2D eigenvalue weighted by molar-refractivity contribution is 5.76. The Hall–Kier alpha value is -1.39. The zero-order valence-corrected chi connectivity index (χ0v) is 11.0. The van der Waals surface area contributed by atoms with Crippen molar-refractivity contribution in [3.8, 4) is 0 Å². The number of aryl methyl sites for hydroxylation is 2. The van der Waals surface area contributed by atoms with Crippen molar-refractivity contribution >= 4 is 5.97 Å². The molecule has 1 rings (SSSR count). The summed E-state index contributed by atoms with van der Waals surface area (Å²) in [6.07, 6.45) is 2.79. The van der Waals surface area contributed by atoms with Gasteiger partial charge < -0.3 is 5.11 Å². The molecule has 0 aliphatic heterocycles. The van der Waals surface area contributed by atoms with E-state index in [0.29, 0.717) is 24.5 Å². The number of aromatic nitrogens is 3. The predicted molar refractivity (Wildman–Crippen MR) is 64.9 cm³/mol. The maximum absolute atomic E-state index is 11.7. The van der Waals surface area contributed by atoms with Crippen LogP contribution in [0.5, 0.6) is 0 Å². The van der Waals surface area contributed by atoms with Gasteiger partial charge in [-0.3, -0.25) is 0 Å². The molecular formula is C12H21N3O2. The van der Waals surface area contributed by atoms with Gasteiger partial charge in [-0.05, 0) is 26.7 Å². The van der Waals surface area contributed by atoms with Gasteiger partial charge in [-0.2, -0.15) is 5.10 Å². The second-order valence-corrected chi connectivity index (χ2v) is 4.45. The number of nitrogens with zero attached hydrogens (tertiary/aromatic N) is 3. The lowest BCUT2D eigenvalue weighted by atomic mass is 9.88. The van der Waals surface area contributed by atoms with Gasteiger partial charge in [0, 0.05) is 0 Å². The van der Waals surface area contributed by atoms with Crippen molar-refractivity contribution in [2.45, 2.75) is 58.9 Å². The Labute approximate surface area is 102 Å². The molecule has 0 spiro atoms. The van der Waals surface area contributed by atoms with Crippen molar-refractivity contribution < 1.29 is 9.90 Å². The van der Waals surface area contributed by atoms with E-state index in [2.05, 4.69) is 10.1 Å². The van der Waals surface area contributed by atoms with E-state index >= 15 is 0 Å². The number of hydrogen-bond acceptors (Lipinski definition) is 3. The summed E-state index contributed by atoms with van der Waals surface area (Å²) in [6, 6.07) is 0. The lowest BCUT2D eigenvalue weighted by molar-refractivity contribution is -0.149. The molecule has 5 nitrogen and oxygen atoms in total. The van der Waals surface area contributed by atoms with E-state index < -0.39 is 11.5 Å². The molecule has 0 aromatic carbocycles. The third-order valence-corrected chi connectivity index (χ3v) is 3.01. The third kappa shape index (κ3) is 2.48. The van der Waals surface area contributed by atoms with Crippen LogP contribution in [0.15, 0.2) is 0 Å². The molecule has 0 aliphatic carbocycles. The lowest BCUT2D eigenvalue weighted by Gasteiger charge is -2.29. The zero-order valence-electron chi connectivity index (χ0n) is 11.0. The summed E-state index contributed by atoms with van der Waals surface area (Å²) in [5, 5.41) is 13.9. The van der Waals surface area contributed by atoms with E-state index in [1.165, 1.54) is 0 Å². The fourth-order valence-electron chi connectivity index (χ4n) is 2.39. The average molecular weight is 239 g/mol. The minimum Gasteiger partial charge on any atom is -0.479 e. The van der Waals surface area contributed by atoms with Crippen molar-refractivity contribution in [1.29, 1.82) is 0 Å². The second kappa shape index (κ2) is 5.29. The molecule has 0 bridgehead atoms. The number of carboxylic acids is 1. The summed E-state index contributed by atoms with van der Waals surface area (Å²) in [4.78, 5) is 15.9. The van der Waals surface area contributed by atoms with Gasteiger partial charge in [0.05, 0.1) is 0 Å². The van der Waals surface area contributed by atoms with Gasteiger partial charge in [-0.1, -0.05) is 26.7 Å². The summed E-state index contributed by atoms with van der Waals surface area (Å²) < 4.78 is 1.59. The Morgan fingerprint density at radius 2 is 1.82 bits per heavy atom. The van der Waals surface area contributed by atoms with Crippen LogP contribution in [0, 0.1) is 13.8 Å². The van der Waals surface area contributed by atoms with Crippen molar-refractivity contribution in [1.82, 2.24) is 14.8 Å². The van der Waals surface area contributed by atoms with Crippen LogP contribution in [-0.4, -0.2) is 25.8 Å². The van der Waals surface area contributed by atoms with E-state index in [1.54, 1.807) is 11.6 Å². The van der Waals surface area contributed by atoms with E-state index in [1.807, 2.05) is 20.8 Å². The Balaban J connectivity index is 3.29. The first kappa shape index (κ1) is 13.7. The number of carboxylic acid groups (broad SMARTS) is 1. The summed E-state index contributed by atoms with van der Waals surface area (Å²) in [5.74, 6) is 0.487. The molecule has 1 heterocycles. The molecule has 1 aromatic rings. The van der Waals surface area contributed by atoms with Crippen molar-refractivity contribution in [3.05, 3.63) is 11.6 Å². The fourth-order valence-corrected chi connectivity index (χ4v) is 2.39. The third-order valence-electron chi connectivity index (χ3n) is 3.01. The number of carbonyl (C=O) groups is 1. The highest BCUT2D eigenvalue weighted by Gasteiger charge is 2.41. The molecular weight excluding hydrogens is 218 g/mol. The van der Waals surface area contributed by atoms with Crippen LogP contribution < -0.4 is 0 Å². The Kier molecular flexibility index (Phi) is 4.26. The minimum absolute atomic E-state index is 0.583. The molecule has 0 amide bonds. The Morgan fingerprint density at radius 3 is 2.12 bits per heavy atom. The summed E-state index contributed by atoms with van der Waals surface area (Å²) >= 11 is 0. The van der Waals surface area contributed by atoms with E-state index in [-0.39, 0.29) is 0 Å². The summed E-state index contributed by atoms with van der Waals surface area (Å²) in [6.45, 7) is 7.58. The first-order valence-electron chi connectivity index (χ1n) is 6.12. The molecule has 0 saturated carbocycles. The first-order chi connectivity index (χ1) is 7.97. The Morgan fingerprint density at radius 1 is 1.29 bits per heavy atom. The van der Waals surface area contributed by atoms with Crippen LogP contribution in [0.4, 0.5) is 0 Å². The van der Waals surface area contributed by atoms with E-state index in [9.17, 15) is 9.90 Å². The van der Waals surface area contributed by atoms with Gasteiger partial charge in [-0.25, -0.2) is 14.5 Å². The standard InChI is InChI=1S/C12H21N3O2/c1-5-7-12(8-6-2,11(16)17)15-10(4)13-9(3)14-15/h5-8H2,1-4H3,(H,16,17). The highest BCUT2D eigenvalue weighted by Crippen LogP contribution is 2.29. The second-order valence-electron chi connectivity index (χ2n) is 4.45. The maximum atomic E-state index is 11.7. The van der Waals surface area contributed by atoms with Crippen molar-refractivity contribution in [2.24, 2.45) is 0 Å². The monoisotopic (exact) mass is 239 g/mol. The van der Waals surface area contributed by atoms with Crippen molar-refractivity contribution in [3.63, 3.8) is 0 Å². The minimum atomic E-state index is -0.936. The van der Waals surface area contributed by atoms with Crippen LogP contribution in [0.3, 0.4) is 0 Å². The molecule has 0 saturated heterocycles. The van der Waals surface area contributed by atoms with Gasteiger partial charge in [-0.15, -0.1) is 0 Å². The summed E-state index contributed by atoms with van der Waals surface area (Å²) in [5.41, 5.74) is -0.936. The number of hydrogen-bond donors (Lipinski definition) is 1. The van der Waals surface area contributed by atoms with Gasteiger partial charge >= 0.3 is 5.97 Å². The maximum Gasteiger partial charge on any atom is 0.331 e. The van der Waals surface area contributed by atoms with Crippen LogP contribution in [0.1, 0.15) is 51.2 Å². The van der Waals surface area contributed by atoms with Crippen LogP contribution in [0.25, 0.3) is 0 Å².